The highest BCUT2D eigenvalue weighted by atomic mass is 28.3. The van der Waals surface area contributed by atoms with Crippen molar-refractivity contribution in [2.75, 3.05) is 13.6 Å². The zero-order valence-electron chi connectivity index (χ0n) is 9.64. The van der Waals surface area contributed by atoms with Gasteiger partial charge in [-0.15, -0.1) is 0 Å². The molecular weight excluding hydrogens is 174 g/mol. The molecule has 1 heterocycles. The molecule has 0 amide bonds. The zero-order valence-corrected chi connectivity index (χ0v) is 10.6. The maximum atomic E-state index is 2.54. The van der Waals surface area contributed by atoms with Crippen LogP contribution < -0.4 is 0 Å². The van der Waals surface area contributed by atoms with Crippen LogP contribution in [0.1, 0.15) is 19.3 Å². The topological polar surface area (TPSA) is 3.24 Å². The molecule has 0 spiro atoms. The van der Waals surface area contributed by atoms with E-state index in [0.29, 0.717) is 0 Å². The Hall–Kier alpha value is 0.0469. The monoisotopic (exact) mass is 198 g/mol. The Morgan fingerprint density at radius 2 is 2.08 bits per heavy atom. The Labute approximate surface area is 84.5 Å². The van der Waals surface area contributed by atoms with Gasteiger partial charge in [-0.25, -0.2) is 0 Å². The summed E-state index contributed by atoms with van der Waals surface area (Å²) in [6, 6.07) is 2.24. The molecule has 0 aromatic heterocycles. The van der Waals surface area contributed by atoms with Crippen LogP contribution in [-0.2, 0) is 0 Å². The molecule has 0 aliphatic carbocycles. The van der Waals surface area contributed by atoms with Crippen molar-refractivity contribution < 1.29 is 0 Å². The number of rotatable bonds is 4. The van der Waals surface area contributed by atoms with Gasteiger partial charge < -0.3 is 0 Å². The van der Waals surface area contributed by atoms with Crippen LogP contribution in [0.3, 0.4) is 0 Å². The average Bonchev–Trinajstić information content (AvgIpc) is 2.34. The Balaban J connectivity index is 2.12. The minimum absolute atomic E-state index is 0.825. The van der Waals surface area contributed by atoms with Crippen LogP contribution >= 0.6 is 0 Å². The molecule has 1 saturated heterocycles. The molecule has 1 aliphatic heterocycles. The Bertz CT molecular complexity index is 151. The second-order valence-electron chi connectivity index (χ2n) is 5.57. The molecule has 13 heavy (non-hydrogen) atoms. The van der Waals surface area contributed by atoms with Gasteiger partial charge in [0.05, 0.1) is 20.5 Å². The molecule has 1 atom stereocenters. The van der Waals surface area contributed by atoms with Crippen molar-refractivity contribution in [1.82, 2.24) is 4.90 Å². The Morgan fingerprint density at radius 1 is 1.38 bits per heavy atom. The first-order valence-corrected chi connectivity index (χ1v) is 9.22. The van der Waals surface area contributed by atoms with E-state index in [1.807, 2.05) is 0 Å². The number of likely N-dealkylation sites (tertiary alicyclic amines) is 1. The SMILES string of the molecule is CN1CCCC1C[CH+]C[Si](C)(C)C. The second kappa shape index (κ2) is 4.51. The lowest BCUT2D eigenvalue weighted by molar-refractivity contribution is 0.308. The predicted octanol–water partition coefficient (Wildman–Crippen LogP) is 3.01. The molecule has 2 heteroatoms. The van der Waals surface area contributed by atoms with Gasteiger partial charge in [0.15, 0.2) is 0 Å². The largest absolute Gasteiger partial charge is 0.299 e. The lowest BCUT2D eigenvalue weighted by atomic mass is 10.1. The summed E-state index contributed by atoms with van der Waals surface area (Å²) in [5.41, 5.74) is 0. The van der Waals surface area contributed by atoms with Gasteiger partial charge in [0.25, 0.3) is 0 Å². The van der Waals surface area contributed by atoms with E-state index in [9.17, 15) is 0 Å². The molecule has 0 N–H and O–H groups in total. The van der Waals surface area contributed by atoms with Crippen molar-refractivity contribution in [3.05, 3.63) is 6.42 Å². The van der Waals surface area contributed by atoms with Crippen molar-refractivity contribution in [3.8, 4) is 0 Å². The zero-order chi connectivity index (χ0) is 9.90. The first kappa shape index (κ1) is 11.1. The van der Waals surface area contributed by atoms with Crippen molar-refractivity contribution in [2.45, 2.75) is 51.0 Å². The van der Waals surface area contributed by atoms with Gasteiger partial charge in [-0.3, -0.25) is 4.90 Å². The molecule has 1 nitrogen and oxygen atoms in total. The van der Waals surface area contributed by atoms with E-state index in [2.05, 4.69) is 38.0 Å². The van der Waals surface area contributed by atoms with E-state index in [-0.39, 0.29) is 0 Å². The van der Waals surface area contributed by atoms with E-state index in [0.717, 1.165) is 6.04 Å². The smallest absolute Gasteiger partial charge is 0.103 e. The first-order chi connectivity index (χ1) is 5.99. The second-order valence-corrected chi connectivity index (χ2v) is 11.1. The summed E-state index contributed by atoms with van der Waals surface area (Å²) in [5, 5.41) is 0. The van der Waals surface area contributed by atoms with E-state index < -0.39 is 8.07 Å². The quantitative estimate of drug-likeness (QED) is 0.496. The summed E-state index contributed by atoms with van der Waals surface area (Å²) in [6.45, 7) is 8.65. The third-order valence-corrected chi connectivity index (χ3v) is 4.38. The van der Waals surface area contributed by atoms with Crippen molar-refractivity contribution in [1.29, 1.82) is 0 Å². The van der Waals surface area contributed by atoms with Crippen molar-refractivity contribution in [3.63, 3.8) is 0 Å². The summed E-state index contributed by atoms with van der Waals surface area (Å²) >= 11 is 0. The van der Waals surface area contributed by atoms with E-state index in [1.165, 1.54) is 31.9 Å². The molecule has 1 fully saturated rings. The molecule has 0 radical (unpaired) electrons. The fourth-order valence-corrected chi connectivity index (χ4v) is 3.02. The van der Waals surface area contributed by atoms with Gasteiger partial charge in [-0.2, -0.15) is 0 Å². The van der Waals surface area contributed by atoms with Gasteiger partial charge >= 0.3 is 0 Å². The summed E-state index contributed by atoms with van der Waals surface area (Å²) in [7, 11) is 1.44. The highest BCUT2D eigenvalue weighted by Crippen LogP contribution is 2.21. The maximum Gasteiger partial charge on any atom is 0.103 e. The minimum atomic E-state index is -0.825. The van der Waals surface area contributed by atoms with Crippen molar-refractivity contribution >= 4 is 8.07 Å². The lowest BCUT2D eigenvalue weighted by Crippen LogP contribution is -2.26. The molecule has 0 aromatic carbocycles. The van der Waals surface area contributed by atoms with Gasteiger partial charge in [-0.1, -0.05) is 19.6 Å². The fourth-order valence-electron chi connectivity index (χ4n) is 1.99. The molecule has 0 aromatic rings. The molecule has 76 valence electrons. The molecular formula is C11H24NSi+. The van der Waals surface area contributed by atoms with Gasteiger partial charge in [-0.05, 0) is 26.4 Å². The average molecular weight is 198 g/mol. The molecule has 1 rings (SSSR count). The maximum absolute atomic E-state index is 2.54. The van der Waals surface area contributed by atoms with E-state index in [1.54, 1.807) is 0 Å². The molecule has 0 bridgehead atoms. The Kier molecular flexibility index (Phi) is 3.86. The van der Waals surface area contributed by atoms with Crippen LogP contribution in [0.15, 0.2) is 0 Å². The lowest BCUT2D eigenvalue weighted by Gasteiger charge is -2.16. The molecule has 0 saturated carbocycles. The van der Waals surface area contributed by atoms with Gasteiger partial charge in [0.1, 0.15) is 6.42 Å². The van der Waals surface area contributed by atoms with Crippen LogP contribution in [0.4, 0.5) is 0 Å². The number of hydrogen-bond acceptors (Lipinski definition) is 1. The number of hydrogen-bond donors (Lipinski definition) is 0. The molecule has 1 aliphatic rings. The van der Waals surface area contributed by atoms with Gasteiger partial charge in [0.2, 0.25) is 0 Å². The third kappa shape index (κ3) is 4.18. The standard InChI is InChI=1S/C11H24NSi/c1-12-9-5-7-11(12)8-6-10-13(2,3)4/h6,11H,5,7-10H2,1-4H3/q+1. The Morgan fingerprint density at radius 3 is 2.54 bits per heavy atom. The first-order valence-electron chi connectivity index (χ1n) is 5.51. The van der Waals surface area contributed by atoms with Crippen LogP contribution in [0.2, 0.25) is 25.7 Å². The van der Waals surface area contributed by atoms with Gasteiger partial charge in [0, 0.05) is 6.04 Å². The highest BCUT2D eigenvalue weighted by Gasteiger charge is 2.26. The van der Waals surface area contributed by atoms with Crippen molar-refractivity contribution in [2.24, 2.45) is 0 Å². The van der Waals surface area contributed by atoms with Crippen LogP contribution in [0.5, 0.6) is 0 Å². The highest BCUT2D eigenvalue weighted by molar-refractivity contribution is 6.76. The van der Waals surface area contributed by atoms with E-state index >= 15 is 0 Å². The fraction of sp³-hybridized carbons (Fsp3) is 0.909. The van der Waals surface area contributed by atoms with E-state index in [4.69, 9.17) is 0 Å². The van der Waals surface area contributed by atoms with Crippen LogP contribution in [0, 0.1) is 6.42 Å². The molecule has 1 unspecified atom stereocenters. The summed E-state index contributed by atoms with van der Waals surface area (Å²) in [4.78, 5) is 2.51. The third-order valence-electron chi connectivity index (χ3n) is 2.87. The summed E-state index contributed by atoms with van der Waals surface area (Å²) in [5.74, 6) is 0. The minimum Gasteiger partial charge on any atom is -0.299 e. The van der Waals surface area contributed by atoms with Crippen LogP contribution in [0.25, 0.3) is 0 Å². The number of nitrogens with zero attached hydrogens (tertiary/aromatic N) is 1. The predicted molar refractivity (Wildman–Crippen MR) is 62.7 cm³/mol. The normalized spacial score (nSPS) is 25.1. The summed E-state index contributed by atoms with van der Waals surface area (Å²) < 4.78 is 0. The summed E-state index contributed by atoms with van der Waals surface area (Å²) in [6.07, 6.45) is 6.68. The van der Waals surface area contributed by atoms with Crippen LogP contribution in [-0.4, -0.2) is 32.6 Å².